The number of hydrogen-bond acceptors (Lipinski definition) is 2. The number of hydrogen-bond donors (Lipinski definition) is 2. The average Bonchev–Trinajstić information content (AvgIpc) is 3.43. The molecule has 0 saturated heterocycles. The molecule has 2 N–H and O–H groups in total. The van der Waals surface area contributed by atoms with Crippen molar-refractivity contribution in [3.8, 4) is 5.75 Å². The fourth-order valence-electron chi connectivity index (χ4n) is 4.26. The van der Waals surface area contributed by atoms with Crippen LogP contribution < -0.4 is 4.74 Å². The molecule has 3 rings (SSSR count). The van der Waals surface area contributed by atoms with E-state index < -0.39 is 5.97 Å². The molecule has 0 radical (unpaired) electrons. The molecule has 1 aromatic heterocycles. The zero-order valence-corrected chi connectivity index (χ0v) is 22.9. The van der Waals surface area contributed by atoms with Gasteiger partial charge in [-0.15, -0.1) is 0 Å². The normalized spacial score (nSPS) is 11.6. The molecule has 0 amide bonds. The van der Waals surface area contributed by atoms with Gasteiger partial charge < -0.3 is 14.8 Å². The van der Waals surface area contributed by atoms with Crippen LogP contribution in [0.3, 0.4) is 0 Å². The van der Waals surface area contributed by atoms with Crippen LogP contribution in [-0.4, -0.2) is 22.7 Å². The van der Waals surface area contributed by atoms with Crippen LogP contribution in [-0.2, 0) is 17.6 Å². The molecule has 37 heavy (non-hydrogen) atoms. The van der Waals surface area contributed by atoms with Gasteiger partial charge in [-0.3, -0.25) is 4.79 Å². The first-order valence-electron chi connectivity index (χ1n) is 13.9. The quantitative estimate of drug-likeness (QED) is 0.192. The summed E-state index contributed by atoms with van der Waals surface area (Å²) in [6.07, 6.45) is 14.7. The first kappa shape index (κ1) is 30.0. The summed E-state index contributed by atoms with van der Waals surface area (Å²) in [7, 11) is 0. The molecular weight excluding hydrogens is 458 g/mol. The monoisotopic (exact) mass is 503 g/mol. The lowest BCUT2D eigenvalue weighted by Crippen LogP contribution is -2.03. The van der Waals surface area contributed by atoms with Crippen molar-refractivity contribution in [3.63, 3.8) is 0 Å². The van der Waals surface area contributed by atoms with Gasteiger partial charge in [0.2, 0.25) is 0 Å². The summed E-state index contributed by atoms with van der Waals surface area (Å²) in [5.41, 5.74) is 4.97. The highest BCUT2D eigenvalue weighted by Crippen LogP contribution is 2.24. The minimum Gasteiger partial charge on any atom is -0.493 e. The molecule has 0 aliphatic heterocycles. The summed E-state index contributed by atoms with van der Waals surface area (Å²) < 4.78 is 6.14. The maximum atomic E-state index is 10.9. The second kappa shape index (κ2) is 18.0. The summed E-state index contributed by atoms with van der Waals surface area (Å²) >= 11 is 0. The predicted molar refractivity (Wildman–Crippen MR) is 155 cm³/mol. The van der Waals surface area contributed by atoms with Gasteiger partial charge in [-0.25, -0.2) is 0 Å². The second-order valence-corrected chi connectivity index (χ2v) is 9.34. The number of H-pyrrole nitrogens is 1. The number of nitrogens with one attached hydrogen (secondary N) is 1. The number of allylic oxidation sites excluding steroid dienone is 1. The number of aromatic amines is 1. The number of benzene rings is 2. The van der Waals surface area contributed by atoms with Crippen molar-refractivity contribution in [2.45, 2.75) is 78.6 Å². The van der Waals surface area contributed by atoms with E-state index in [1.807, 2.05) is 44.3 Å². The van der Waals surface area contributed by atoms with E-state index in [1.54, 1.807) is 0 Å². The molecule has 3 aromatic rings. The lowest BCUT2D eigenvalue weighted by atomic mass is 9.92. The highest BCUT2D eigenvalue weighted by molar-refractivity contribution is 5.66. The topological polar surface area (TPSA) is 62.3 Å². The van der Waals surface area contributed by atoms with Gasteiger partial charge in [-0.1, -0.05) is 80.4 Å². The molecule has 1 heterocycles. The molecule has 0 aliphatic rings. The second-order valence-electron chi connectivity index (χ2n) is 9.34. The first-order chi connectivity index (χ1) is 18.1. The van der Waals surface area contributed by atoms with Crippen molar-refractivity contribution in [1.29, 1.82) is 0 Å². The largest absolute Gasteiger partial charge is 0.493 e. The molecular formula is C33H45NO3. The SMILES string of the molecule is CC.Cc1ccc(CC(/C=C/c2ccccc2OCCCCCc2ccc[nH]2)CCCCC(=O)O)cc1. The molecule has 0 spiro atoms. The van der Waals surface area contributed by atoms with Crippen LogP contribution in [0, 0.1) is 12.8 Å². The van der Waals surface area contributed by atoms with Gasteiger partial charge in [0.05, 0.1) is 6.61 Å². The van der Waals surface area contributed by atoms with Crippen molar-refractivity contribution in [1.82, 2.24) is 4.98 Å². The van der Waals surface area contributed by atoms with Crippen molar-refractivity contribution in [2.24, 2.45) is 5.92 Å². The van der Waals surface area contributed by atoms with Gasteiger partial charge in [0, 0.05) is 23.9 Å². The minimum atomic E-state index is -0.717. The molecule has 4 heteroatoms. The van der Waals surface area contributed by atoms with Crippen LogP contribution in [0.2, 0.25) is 0 Å². The number of unbranched alkanes of at least 4 members (excludes halogenated alkanes) is 3. The Hall–Kier alpha value is -3.27. The van der Waals surface area contributed by atoms with E-state index in [1.165, 1.54) is 16.8 Å². The van der Waals surface area contributed by atoms with Crippen LogP contribution in [0.25, 0.3) is 6.08 Å². The van der Waals surface area contributed by atoms with E-state index >= 15 is 0 Å². The van der Waals surface area contributed by atoms with Gasteiger partial charge in [-0.05, 0) is 81.5 Å². The summed E-state index contributed by atoms with van der Waals surface area (Å²) in [4.78, 5) is 14.1. The third-order valence-electron chi connectivity index (χ3n) is 6.31. The Bertz CT molecular complexity index is 1020. The zero-order chi connectivity index (χ0) is 26.7. The summed E-state index contributed by atoms with van der Waals surface area (Å²) in [5, 5.41) is 8.95. The van der Waals surface area contributed by atoms with Gasteiger partial charge in [0.1, 0.15) is 5.75 Å². The molecule has 0 fully saturated rings. The van der Waals surface area contributed by atoms with Crippen molar-refractivity contribution >= 4 is 12.0 Å². The number of carboxylic acid groups (broad SMARTS) is 1. The fourth-order valence-corrected chi connectivity index (χ4v) is 4.26. The molecule has 200 valence electrons. The molecule has 0 saturated carbocycles. The molecule has 0 aliphatic carbocycles. The summed E-state index contributed by atoms with van der Waals surface area (Å²) in [6, 6.07) is 21.1. The van der Waals surface area contributed by atoms with Crippen molar-refractivity contribution in [2.75, 3.05) is 6.61 Å². The summed E-state index contributed by atoms with van der Waals surface area (Å²) in [6.45, 7) is 6.82. The first-order valence-corrected chi connectivity index (χ1v) is 13.9. The molecule has 1 unspecified atom stereocenters. The Balaban J connectivity index is 0.00000235. The number of rotatable bonds is 16. The average molecular weight is 504 g/mol. The van der Waals surface area contributed by atoms with E-state index in [4.69, 9.17) is 9.84 Å². The Labute approximate surface area is 223 Å². The van der Waals surface area contributed by atoms with E-state index in [-0.39, 0.29) is 6.42 Å². The number of ether oxygens (including phenoxy) is 1. The van der Waals surface area contributed by atoms with Crippen molar-refractivity contribution < 1.29 is 14.6 Å². The number of carboxylic acids is 1. The molecule has 0 bridgehead atoms. The van der Waals surface area contributed by atoms with Gasteiger partial charge in [-0.2, -0.15) is 0 Å². The van der Waals surface area contributed by atoms with Crippen molar-refractivity contribution in [3.05, 3.63) is 95.3 Å². The minimum absolute atomic E-state index is 0.239. The van der Waals surface area contributed by atoms with Crippen LogP contribution in [0.1, 0.15) is 81.2 Å². The Morgan fingerprint density at radius 1 is 0.946 bits per heavy atom. The molecule has 4 nitrogen and oxygen atoms in total. The maximum absolute atomic E-state index is 10.9. The molecule has 2 aromatic carbocycles. The number of aryl methyl sites for hydroxylation is 2. The Morgan fingerprint density at radius 3 is 2.46 bits per heavy atom. The van der Waals surface area contributed by atoms with Crippen LogP contribution in [0.5, 0.6) is 5.75 Å². The highest BCUT2D eigenvalue weighted by Gasteiger charge is 2.09. The van der Waals surface area contributed by atoms with Gasteiger partial charge in [0.15, 0.2) is 0 Å². The Kier molecular flexibility index (Phi) is 14.6. The summed E-state index contributed by atoms with van der Waals surface area (Å²) in [5.74, 6) is 0.562. The molecule has 1 atom stereocenters. The fraction of sp³-hybridized carbons (Fsp3) is 0.424. The predicted octanol–water partition coefficient (Wildman–Crippen LogP) is 8.66. The third-order valence-corrected chi connectivity index (χ3v) is 6.31. The highest BCUT2D eigenvalue weighted by atomic mass is 16.5. The lowest BCUT2D eigenvalue weighted by Gasteiger charge is -2.14. The standard InChI is InChI=1S/C31H39NO3.C2H6/c1-25-16-18-27(19-17-25)24-26(10-4-7-15-31(33)34)20-21-28-11-5-6-14-30(28)35-23-8-2-3-12-29-13-9-22-32-29;1-2/h5-6,9,11,13-14,16-22,26,32H,2-4,7-8,10,12,15,23-24H2,1H3,(H,33,34);1-2H3/b21-20+;. The number of aliphatic carboxylic acids is 1. The van der Waals surface area contributed by atoms with E-state index in [0.29, 0.717) is 5.92 Å². The lowest BCUT2D eigenvalue weighted by molar-refractivity contribution is -0.137. The van der Waals surface area contributed by atoms with E-state index in [0.717, 1.165) is 69.3 Å². The van der Waals surface area contributed by atoms with E-state index in [2.05, 4.69) is 60.5 Å². The van der Waals surface area contributed by atoms with Crippen LogP contribution in [0.15, 0.2) is 72.9 Å². The van der Waals surface area contributed by atoms with Gasteiger partial charge in [0.25, 0.3) is 0 Å². The van der Waals surface area contributed by atoms with E-state index in [9.17, 15) is 4.79 Å². The Morgan fingerprint density at radius 2 is 1.73 bits per heavy atom. The third kappa shape index (κ3) is 12.5. The maximum Gasteiger partial charge on any atom is 0.303 e. The number of para-hydroxylation sites is 1. The van der Waals surface area contributed by atoms with Crippen LogP contribution in [0.4, 0.5) is 0 Å². The van der Waals surface area contributed by atoms with Crippen LogP contribution >= 0.6 is 0 Å². The zero-order valence-electron chi connectivity index (χ0n) is 22.9. The number of aromatic nitrogens is 1. The number of carbonyl (C=O) groups is 1. The smallest absolute Gasteiger partial charge is 0.303 e. The van der Waals surface area contributed by atoms with Gasteiger partial charge >= 0.3 is 5.97 Å².